The fourth-order valence-corrected chi connectivity index (χ4v) is 2.73. The summed E-state index contributed by atoms with van der Waals surface area (Å²) in [7, 11) is 0. The molecule has 2 aromatic carbocycles. The number of halogens is 1. The van der Waals surface area contributed by atoms with Gasteiger partial charge in [-0.25, -0.2) is 4.39 Å². The SMILES string of the molecule is Cc1ccccc1SCc1cc(F)cc(C(=N)N)c1. The van der Waals surface area contributed by atoms with Gasteiger partial charge in [0.2, 0.25) is 0 Å². The molecule has 2 rings (SSSR count). The molecule has 0 radical (unpaired) electrons. The van der Waals surface area contributed by atoms with E-state index in [4.69, 9.17) is 11.1 Å². The lowest BCUT2D eigenvalue weighted by Gasteiger charge is -2.07. The van der Waals surface area contributed by atoms with Crippen molar-refractivity contribution in [2.24, 2.45) is 5.73 Å². The third-order valence-electron chi connectivity index (χ3n) is 2.76. The Morgan fingerprint density at radius 1 is 1.26 bits per heavy atom. The molecule has 19 heavy (non-hydrogen) atoms. The van der Waals surface area contributed by atoms with Crippen molar-refractivity contribution in [1.29, 1.82) is 5.41 Å². The monoisotopic (exact) mass is 274 g/mol. The molecule has 0 atom stereocenters. The first-order valence-corrected chi connectivity index (χ1v) is 6.87. The van der Waals surface area contributed by atoms with Crippen LogP contribution in [0.5, 0.6) is 0 Å². The number of rotatable bonds is 4. The molecule has 3 N–H and O–H groups in total. The summed E-state index contributed by atoms with van der Waals surface area (Å²) in [5.74, 6) is 0.192. The van der Waals surface area contributed by atoms with Crippen LogP contribution in [-0.2, 0) is 5.75 Å². The van der Waals surface area contributed by atoms with Gasteiger partial charge in [0, 0.05) is 16.2 Å². The van der Waals surface area contributed by atoms with E-state index in [1.165, 1.54) is 22.6 Å². The van der Waals surface area contributed by atoms with E-state index in [0.29, 0.717) is 11.3 Å². The van der Waals surface area contributed by atoms with Crippen LogP contribution in [0, 0.1) is 18.2 Å². The van der Waals surface area contributed by atoms with Crippen molar-refractivity contribution in [2.45, 2.75) is 17.6 Å². The highest BCUT2D eigenvalue weighted by Gasteiger charge is 2.05. The van der Waals surface area contributed by atoms with E-state index < -0.39 is 0 Å². The fraction of sp³-hybridized carbons (Fsp3) is 0.133. The third-order valence-corrected chi connectivity index (χ3v) is 4.00. The van der Waals surface area contributed by atoms with Crippen LogP contribution in [0.2, 0.25) is 0 Å². The Kier molecular flexibility index (Phi) is 4.22. The average molecular weight is 274 g/mol. The molecule has 0 heterocycles. The highest BCUT2D eigenvalue weighted by Crippen LogP contribution is 2.26. The predicted molar refractivity (Wildman–Crippen MR) is 78.2 cm³/mol. The summed E-state index contributed by atoms with van der Waals surface area (Å²) in [5.41, 5.74) is 7.86. The summed E-state index contributed by atoms with van der Waals surface area (Å²) in [5, 5.41) is 7.36. The van der Waals surface area contributed by atoms with Gasteiger partial charge in [-0.1, -0.05) is 18.2 Å². The highest BCUT2D eigenvalue weighted by atomic mass is 32.2. The quantitative estimate of drug-likeness (QED) is 0.507. The summed E-state index contributed by atoms with van der Waals surface area (Å²) in [4.78, 5) is 1.18. The van der Waals surface area contributed by atoms with E-state index >= 15 is 0 Å². The lowest BCUT2D eigenvalue weighted by atomic mass is 10.1. The Morgan fingerprint density at radius 2 is 2.00 bits per heavy atom. The molecule has 0 aliphatic carbocycles. The minimum absolute atomic E-state index is 0.110. The van der Waals surface area contributed by atoms with E-state index in [1.54, 1.807) is 17.8 Å². The number of hydrogen-bond donors (Lipinski definition) is 2. The second kappa shape index (κ2) is 5.89. The topological polar surface area (TPSA) is 49.9 Å². The molecule has 4 heteroatoms. The summed E-state index contributed by atoms with van der Waals surface area (Å²) in [6, 6.07) is 12.6. The second-order valence-corrected chi connectivity index (χ2v) is 5.33. The minimum atomic E-state index is -0.354. The molecule has 0 fully saturated rings. The lowest BCUT2D eigenvalue weighted by Crippen LogP contribution is -2.11. The molecule has 0 amide bonds. The summed E-state index contributed by atoms with van der Waals surface area (Å²) in [6.07, 6.45) is 0. The maximum atomic E-state index is 13.4. The van der Waals surface area contributed by atoms with Gasteiger partial charge in [-0.3, -0.25) is 5.41 Å². The first-order chi connectivity index (χ1) is 9.06. The number of aryl methyl sites for hydroxylation is 1. The van der Waals surface area contributed by atoms with Crippen molar-refractivity contribution in [3.05, 3.63) is 65.0 Å². The fourth-order valence-electron chi connectivity index (χ4n) is 1.77. The maximum absolute atomic E-state index is 13.4. The number of hydrogen-bond acceptors (Lipinski definition) is 2. The summed E-state index contributed by atoms with van der Waals surface area (Å²) >= 11 is 1.65. The normalized spacial score (nSPS) is 10.4. The molecule has 0 saturated heterocycles. The Hall–Kier alpha value is -1.81. The van der Waals surface area contributed by atoms with Gasteiger partial charge < -0.3 is 5.73 Å². The van der Waals surface area contributed by atoms with Gasteiger partial charge in [-0.05, 0) is 42.3 Å². The van der Waals surface area contributed by atoms with Gasteiger partial charge in [0.15, 0.2) is 0 Å². The number of benzene rings is 2. The van der Waals surface area contributed by atoms with E-state index in [1.807, 2.05) is 18.2 Å². The Morgan fingerprint density at radius 3 is 2.68 bits per heavy atom. The zero-order valence-corrected chi connectivity index (χ0v) is 11.4. The van der Waals surface area contributed by atoms with Crippen LogP contribution in [0.4, 0.5) is 4.39 Å². The lowest BCUT2D eigenvalue weighted by molar-refractivity contribution is 0.626. The summed E-state index contributed by atoms with van der Waals surface area (Å²) < 4.78 is 13.4. The van der Waals surface area contributed by atoms with Gasteiger partial charge in [0.05, 0.1) is 0 Å². The predicted octanol–water partition coefficient (Wildman–Crippen LogP) is 3.71. The second-order valence-electron chi connectivity index (χ2n) is 4.32. The van der Waals surface area contributed by atoms with Crippen LogP contribution < -0.4 is 5.73 Å². The van der Waals surface area contributed by atoms with Crippen LogP contribution in [0.1, 0.15) is 16.7 Å². The van der Waals surface area contributed by atoms with Crippen LogP contribution in [0.3, 0.4) is 0 Å². The van der Waals surface area contributed by atoms with E-state index in [0.717, 1.165) is 5.56 Å². The zero-order valence-electron chi connectivity index (χ0n) is 10.6. The number of amidine groups is 1. The van der Waals surface area contributed by atoms with Gasteiger partial charge in [-0.2, -0.15) is 0 Å². The first-order valence-electron chi connectivity index (χ1n) is 5.88. The molecule has 0 unspecified atom stereocenters. The van der Waals surface area contributed by atoms with Gasteiger partial charge in [0.25, 0.3) is 0 Å². The van der Waals surface area contributed by atoms with Crippen molar-refractivity contribution >= 4 is 17.6 Å². The highest BCUT2D eigenvalue weighted by molar-refractivity contribution is 7.98. The van der Waals surface area contributed by atoms with Crippen LogP contribution in [0.15, 0.2) is 47.4 Å². The molecule has 0 aliphatic rings. The van der Waals surface area contributed by atoms with Crippen LogP contribution in [-0.4, -0.2) is 5.84 Å². The molecular weight excluding hydrogens is 259 g/mol. The molecule has 0 spiro atoms. The van der Waals surface area contributed by atoms with Crippen molar-refractivity contribution in [3.63, 3.8) is 0 Å². The first kappa shape index (κ1) is 13.6. The Balaban J connectivity index is 2.16. The smallest absolute Gasteiger partial charge is 0.124 e. The van der Waals surface area contributed by atoms with Gasteiger partial charge in [0.1, 0.15) is 11.7 Å². The van der Waals surface area contributed by atoms with E-state index in [-0.39, 0.29) is 11.7 Å². The number of nitrogen functional groups attached to an aromatic ring is 1. The van der Waals surface area contributed by atoms with Crippen molar-refractivity contribution in [2.75, 3.05) is 0 Å². The number of nitrogens with one attached hydrogen (secondary N) is 1. The van der Waals surface area contributed by atoms with Crippen LogP contribution in [0.25, 0.3) is 0 Å². The van der Waals surface area contributed by atoms with Gasteiger partial charge in [-0.15, -0.1) is 11.8 Å². The molecule has 98 valence electrons. The molecule has 2 aromatic rings. The van der Waals surface area contributed by atoms with Crippen LogP contribution >= 0.6 is 11.8 Å². The van der Waals surface area contributed by atoms with Crippen molar-refractivity contribution < 1.29 is 4.39 Å². The van der Waals surface area contributed by atoms with Gasteiger partial charge >= 0.3 is 0 Å². The number of nitrogens with two attached hydrogens (primary N) is 1. The zero-order chi connectivity index (χ0) is 13.8. The molecule has 2 nitrogen and oxygen atoms in total. The van der Waals surface area contributed by atoms with E-state index in [9.17, 15) is 4.39 Å². The third kappa shape index (κ3) is 3.58. The standard InChI is InChI=1S/C15H15FN2S/c1-10-4-2-3-5-14(10)19-9-11-6-12(15(17)18)8-13(16)7-11/h2-8H,9H2,1H3,(H3,17,18). The molecule has 0 bridgehead atoms. The minimum Gasteiger partial charge on any atom is -0.384 e. The summed E-state index contributed by atoms with van der Waals surface area (Å²) in [6.45, 7) is 2.05. The van der Waals surface area contributed by atoms with E-state index in [2.05, 4.69) is 13.0 Å². The average Bonchev–Trinajstić information content (AvgIpc) is 2.37. The van der Waals surface area contributed by atoms with Crippen molar-refractivity contribution in [1.82, 2.24) is 0 Å². The van der Waals surface area contributed by atoms with Crippen molar-refractivity contribution in [3.8, 4) is 0 Å². The largest absolute Gasteiger partial charge is 0.384 e. The Bertz CT molecular complexity index is 611. The molecule has 0 saturated carbocycles. The molecule has 0 aromatic heterocycles. The maximum Gasteiger partial charge on any atom is 0.124 e. The number of thioether (sulfide) groups is 1. The molecule has 0 aliphatic heterocycles. The Labute approximate surface area is 116 Å². The molecular formula is C15H15FN2S.